The number of amides is 5. The molecule has 2 aliphatic heterocycles. The second-order valence-electron chi connectivity index (χ2n) is 5.58. The van der Waals surface area contributed by atoms with Crippen molar-refractivity contribution in [3.05, 3.63) is 24.2 Å². The fourth-order valence-electron chi connectivity index (χ4n) is 2.62. The number of nitrogens with one attached hydrogen (secondary N) is 1. The van der Waals surface area contributed by atoms with Gasteiger partial charge in [-0.2, -0.15) is 0 Å². The summed E-state index contributed by atoms with van der Waals surface area (Å²) in [5.41, 5.74) is 0. The minimum atomic E-state index is -1.01. The summed E-state index contributed by atoms with van der Waals surface area (Å²) in [5.74, 6) is -2.13. The van der Waals surface area contributed by atoms with Crippen LogP contribution in [0.4, 0.5) is 4.79 Å². The van der Waals surface area contributed by atoms with E-state index in [0.717, 1.165) is 17.7 Å². The van der Waals surface area contributed by atoms with Crippen LogP contribution in [0.2, 0.25) is 0 Å². The van der Waals surface area contributed by atoms with Gasteiger partial charge in [-0.1, -0.05) is 0 Å². The molecular weight excluding hydrogens is 318 g/mol. The van der Waals surface area contributed by atoms with E-state index in [2.05, 4.69) is 5.32 Å². The van der Waals surface area contributed by atoms with Gasteiger partial charge in [-0.15, -0.1) is 0 Å². The third-order valence-corrected chi connectivity index (χ3v) is 3.88. The molecular formula is C15H17N3O6. The summed E-state index contributed by atoms with van der Waals surface area (Å²) >= 11 is 0. The number of carbonyl (C=O) groups excluding carboxylic acids is 4. The molecule has 0 bridgehead atoms. The molecule has 3 heterocycles. The van der Waals surface area contributed by atoms with Gasteiger partial charge in [0.2, 0.25) is 5.91 Å². The minimum absolute atomic E-state index is 0.0454. The summed E-state index contributed by atoms with van der Waals surface area (Å²) in [6.45, 7) is 0.341. The highest BCUT2D eigenvalue weighted by atomic mass is 16.5. The lowest BCUT2D eigenvalue weighted by atomic mass is 10.2. The van der Waals surface area contributed by atoms with Gasteiger partial charge in [0.15, 0.2) is 0 Å². The zero-order valence-corrected chi connectivity index (χ0v) is 12.9. The average molecular weight is 335 g/mol. The highest BCUT2D eigenvalue weighted by molar-refractivity contribution is 6.44. The summed E-state index contributed by atoms with van der Waals surface area (Å²) in [6.07, 6.45) is 3.16. The predicted molar refractivity (Wildman–Crippen MR) is 78.4 cm³/mol. The Bertz CT molecular complexity index is 650. The molecule has 0 aliphatic carbocycles. The Labute approximate surface area is 137 Å². The molecule has 2 saturated heterocycles. The minimum Gasteiger partial charge on any atom is -0.467 e. The molecule has 128 valence electrons. The fraction of sp³-hybridized carbons (Fsp3) is 0.467. The lowest BCUT2D eigenvalue weighted by Crippen LogP contribution is -2.43. The molecule has 0 saturated carbocycles. The Kier molecular flexibility index (Phi) is 4.61. The number of furan rings is 1. The predicted octanol–water partition coefficient (Wildman–Crippen LogP) is -0.134. The quantitative estimate of drug-likeness (QED) is 0.573. The number of hydrogen-bond donors (Lipinski definition) is 1. The van der Waals surface area contributed by atoms with Gasteiger partial charge in [-0.3, -0.25) is 14.4 Å². The summed E-state index contributed by atoms with van der Waals surface area (Å²) in [6, 6.07) is 2.37. The number of nitrogens with zero attached hydrogens (tertiary/aromatic N) is 2. The Hall–Kier alpha value is -2.68. The molecule has 9 nitrogen and oxygen atoms in total. The second-order valence-corrected chi connectivity index (χ2v) is 5.58. The number of hydrogen-bond acceptors (Lipinski definition) is 6. The molecule has 1 aromatic rings. The first kappa shape index (κ1) is 16.2. The van der Waals surface area contributed by atoms with Crippen molar-refractivity contribution in [1.29, 1.82) is 0 Å². The summed E-state index contributed by atoms with van der Waals surface area (Å²) < 4.78 is 10.4. The van der Waals surface area contributed by atoms with Gasteiger partial charge in [0.05, 0.1) is 18.9 Å². The van der Waals surface area contributed by atoms with E-state index in [4.69, 9.17) is 9.15 Å². The first-order valence-corrected chi connectivity index (χ1v) is 7.64. The maximum absolute atomic E-state index is 12.2. The van der Waals surface area contributed by atoms with Crippen LogP contribution in [-0.4, -0.2) is 59.4 Å². The SMILES string of the molecule is O=C(CN1C(=O)C(=O)N(Cc2ccco2)C1=O)NC[C@H]1CCCO1. The number of carbonyl (C=O) groups is 4. The van der Waals surface area contributed by atoms with Gasteiger partial charge in [0.25, 0.3) is 0 Å². The van der Waals surface area contributed by atoms with Crippen LogP contribution in [-0.2, 0) is 25.7 Å². The third kappa shape index (κ3) is 3.30. The molecule has 3 rings (SSSR count). The van der Waals surface area contributed by atoms with Crippen molar-refractivity contribution in [1.82, 2.24) is 15.1 Å². The van der Waals surface area contributed by atoms with Crippen molar-refractivity contribution in [2.45, 2.75) is 25.5 Å². The Morgan fingerprint density at radius 2 is 2.04 bits per heavy atom. The van der Waals surface area contributed by atoms with E-state index in [1.807, 2.05) is 0 Å². The average Bonchev–Trinajstić information content (AvgIpc) is 3.30. The maximum atomic E-state index is 12.2. The summed E-state index contributed by atoms with van der Waals surface area (Å²) in [5, 5.41) is 2.61. The Morgan fingerprint density at radius 1 is 1.25 bits per heavy atom. The number of ether oxygens (including phenoxy) is 1. The van der Waals surface area contributed by atoms with E-state index in [-0.39, 0.29) is 12.6 Å². The molecule has 2 aliphatic rings. The van der Waals surface area contributed by atoms with Crippen molar-refractivity contribution in [3.63, 3.8) is 0 Å². The molecule has 0 aromatic carbocycles. The van der Waals surface area contributed by atoms with Gasteiger partial charge in [0, 0.05) is 13.2 Å². The lowest BCUT2D eigenvalue weighted by Gasteiger charge is -2.15. The Morgan fingerprint density at radius 3 is 2.71 bits per heavy atom. The van der Waals surface area contributed by atoms with E-state index < -0.39 is 30.3 Å². The highest BCUT2D eigenvalue weighted by Gasteiger charge is 2.45. The van der Waals surface area contributed by atoms with Gasteiger partial charge in [-0.25, -0.2) is 14.6 Å². The van der Waals surface area contributed by atoms with Crippen LogP contribution >= 0.6 is 0 Å². The van der Waals surface area contributed by atoms with Crippen molar-refractivity contribution in [2.75, 3.05) is 19.7 Å². The molecule has 9 heteroatoms. The van der Waals surface area contributed by atoms with Crippen molar-refractivity contribution < 1.29 is 28.3 Å². The topological polar surface area (TPSA) is 109 Å². The lowest BCUT2D eigenvalue weighted by molar-refractivity contribution is -0.144. The molecule has 24 heavy (non-hydrogen) atoms. The van der Waals surface area contributed by atoms with Gasteiger partial charge in [0.1, 0.15) is 12.3 Å². The molecule has 1 aromatic heterocycles. The van der Waals surface area contributed by atoms with Gasteiger partial charge < -0.3 is 14.5 Å². The van der Waals surface area contributed by atoms with Crippen molar-refractivity contribution in [2.24, 2.45) is 0 Å². The molecule has 2 fully saturated rings. The van der Waals surface area contributed by atoms with Gasteiger partial charge in [-0.05, 0) is 25.0 Å². The number of imide groups is 2. The molecule has 1 N–H and O–H groups in total. The molecule has 5 amide bonds. The van der Waals surface area contributed by atoms with Crippen LogP contribution < -0.4 is 5.32 Å². The van der Waals surface area contributed by atoms with Crippen LogP contribution in [0.3, 0.4) is 0 Å². The summed E-state index contributed by atoms with van der Waals surface area (Å²) in [4.78, 5) is 49.4. The first-order chi connectivity index (χ1) is 11.6. The van der Waals surface area contributed by atoms with E-state index in [1.54, 1.807) is 12.1 Å². The van der Waals surface area contributed by atoms with Crippen LogP contribution in [0, 0.1) is 0 Å². The fourth-order valence-corrected chi connectivity index (χ4v) is 2.62. The van der Waals surface area contributed by atoms with Crippen LogP contribution in [0.5, 0.6) is 0 Å². The molecule has 0 spiro atoms. The third-order valence-electron chi connectivity index (χ3n) is 3.88. The normalized spacial score (nSPS) is 21.0. The zero-order chi connectivity index (χ0) is 17.1. The first-order valence-electron chi connectivity index (χ1n) is 7.64. The highest BCUT2D eigenvalue weighted by Crippen LogP contribution is 2.16. The van der Waals surface area contributed by atoms with Crippen LogP contribution in [0.1, 0.15) is 18.6 Å². The molecule has 0 unspecified atom stereocenters. The monoisotopic (exact) mass is 335 g/mol. The van der Waals surface area contributed by atoms with Crippen molar-refractivity contribution in [3.8, 4) is 0 Å². The number of urea groups is 1. The largest absolute Gasteiger partial charge is 0.467 e. The Balaban J connectivity index is 1.56. The van der Waals surface area contributed by atoms with E-state index in [1.165, 1.54) is 6.26 Å². The van der Waals surface area contributed by atoms with Crippen molar-refractivity contribution >= 4 is 23.8 Å². The maximum Gasteiger partial charge on any atom is 0.335 e. The number of rotatable bonds is 6. The smallest absolute Gasteiger partial charge is 0.335 e. The molecule has 0 radical (unpaired) electrons. The standard InChI is InChI=1S/C15H17N3O6/c19-12(16-7-10-3-1-5-23-10)9-18-14(21)13(20)17(15(18)22)8-11-4-2-6-24-11/h2,4,6,10H,1,3,5,7-9H2,(H,16,19)/t10-/m1/s1. The summed E-state index contributed by atoms with van der Waals surface area (Å²) in [7, 11) is 0. The van der Waals surface area contributed by atoms with E-state index in [0.29, 0.717) is 23.8 Å². The second kappa shape index (κ2) is 6.83. The van der Waals surface area contributed by atoms with Gasteiger partial charge >= 0.3 is 17.8 Å². The van der Waals surface area contributed by atoms with Crippen LogP contribution in [0.15, 0.2) is 22.8 Å². The van der Waals surface area contributed by atoms with E-state index in [9.17, 15) is 19.2 Å². The van der Waals surface area contributed by atoms with Crippen LogP contribution in [0.25, 0.3) is 0 Å². The van der Waals surface area contributed by atoms with E-state index >= 15 is 0 Å². The molecule has 1 atom stereocenters. The zero-order valence-electron chi connectivity index (χ0n) is 12.9.